The Bertz CT molecular complexity index is 1410. The van der Waals surface area contributed by atoms with E-state index in [0.717, 1.165) is 18.2 Å². The molecule has 3 atom stereocenters. The predicted octanol–water partition coefficient (Wildman–Crippen LogP) is 4.04. The first-order chi connectivity index (χ1) is 20.2. The number of amides is 1. The van der Waals surface area contributed by atoms with E-state index >= 15 is 4.39 Å². The minimum atomic E-state index is -0.975. The van der Waals surface area contributed by atoms with E-state index in [1.807, 2.05) is 26.1 Å². The molecule has 3 aromatic rings. The number of nitrogens with one attached hydrogen (secondary N) is 3. The first-order valence-corrected chi connectivity index (χ1v) is 13.9. The number of hydrogen-bond donors (Lipinski definition) is 4. The molecule has 1 saturated heterocycles. The number of halogens is 2. The minimum Gasteiger partial charge on any atom is -0.495 e. The van der Waals surface area contributed by atoms with Gasteiger partial charge in [-0.1, -0.05) is 30.7 Å². The van der Waals surface area contributed by atoms with Gasteiger partial charge in [-0.3, -0.25) is 10.1 Å². The summed E-state index contributed by atoms with van der Waals surface area (Å²) in [6, 6.07) is 7.60. The molecule has 1 aliphatic heterocycles. The number of aryl methyl sites for hydroxylation is 1. The molecule has 1 amide bonds. The topological polar surface area (TPSA) is 130 Å². The molecule has 1 aliphatic rings. The minimum absolute atomic E-state index is 0.0215. The summed E-state index contributed by atoms with van der Waals surface area (Å²) in [6.45, 7) is 3.41. The van der Waals surface area contributed by atoms with E-state index in [1.54, 1.807) is 20.2 Å². The highest BCUT2D eigenvalue weighted by atomic mass is 35.5. The Labute approximate surface area is 249 Å². The van der Waals surface area contributed by atoms with Gasteiger partial charge in [-0.15, -0.1) is 0 Å². The van der Waals surface area contributed by atoms with Crippen molar-refractivity contribution in [3.05, 3.63) is 64.1 Å². The average molecular weight is 603 g/mol. The van der Waals surface area contributed by atoms with Gasteiger partial charge in [0.2, 0.25) is 11.8 Å². The molecule has 0 bridgehead atoms. The van der Waals surface area contributed by atoms with Crippen LogP contribution in [0.1, 0.15) is 41.1 Å². The van der Waals surface area contributed by atoms with Crippen LogP contribution in [0.25, 0.3) is 0 Å². The number of methoxy groups -OCH3 is 2. The Morgan fingerprint density at radius 3 is 2.76 bits per heavy atom. The van der Waals surface area contributed by atoms with Gasteiger partial charge in [0.1, 0.15) is 28.6 Å². The van der Waals surface area contributed by atoms with Crippen molar-refractivity contribution in [3.8, 4) is 17.4 Å². The van der Waals surface area contributed by atoms with E-state index in [0.29, 0.717) is 30.7 Å². The number of likely N-dealkylation sites (tertiary alicyclic amines) is 1. The Kier molecular flexibility index (Phi) is 10.5. The summed E-state index contributed by atoms with van der Waals surface area (Å²) >= 11 is 6.34. The number of carbonyl (C=O) groups is 1. The fourth-order valence-corrected chi connectivity index (χ4v) is 4.99. The molecule has 0 spiro atoms. The number of aromatic nitrogens is 2. The van der Waals surface area contributed by atoms with Gasteiger partial charge < -0.3 is 34.9 Å². The molecule has 42 heavy (non-hydrogen) atoms. The molecule has 1 aromatic heterocycles. The van der Waals surface area contributed by atoms with Crippen molar-refractivity contribution in [2.75, 3.05) is 46.7 Å². The lowest BCUT2D eigenvalue weighted by molar-refractivity contribution is 0.0141. The van der Waals surface area contributed by atoms with Crippen molar-refractivity contribution < 1.29 is 28.5 Å². The lowest BCUT2D eigenvalue weighted by Gasteiger charge is -2.36. The quantitative estimate of drug-likeness (QED) is 0.239. The van der Waals surface area contributed by atoms with Crippen molar-refractivity contribution in [1.29, 1.82) is 0 Å². The van der Waals surface area contributed by atoms with Crippen LogP contribution in [-0.2, 0) is 11.2 Å². The molecule has 2 aromatic carbocycles. The van der Waals surface area contributed by atoms with Crippen LogP contribution in [0.4, 0.5) is 16.0 Å². The van der Waals surface area contributed by atoms with Gasteiger partial charge in [-0.05, 0) is 51.2 Å². The molecule has 2 heterocycles. The van der Waals surface area contributed by atoms with Crippen molar-refractivity contribution in [2.45, 2.75) is 38.1 Å². The number of hydrogen-bond acceptors (Lipinski definition) is 10. The number of nitrogens with zero attached hydrogens (tertiary/aromatic N) is 3. The first-order valence-electron chi connectivity index (χ1n) is 13.5. The SMILES string of the molecule is CCc1cccc(Oc2nc(Nc3cc(F)c(C(=O)N[C@@H]4CCN(C)C[C@@H]4OC)cc3OC)ncc2Cl)c1C(O)NC. The van der Waals surface area contributed by atoms with Gasteiger partial charge in [-0.2, -0.15) is 4.98 Å². The Morgan fingerprint density at radius 2 is 2.07 bits per heavy atom. The second-order valence-corrected chi connectivity index (χ2v) is 10.3. The van der Waals surface area contributed by atoms with Gasteiger partial charge in [0.25, 0.3) is 5.91 Å². The van der Waals surface area contributed by atoms with E-state index in [1.165, 1.54) is 19.4 Å². The van der Waals surface area contributed by atoms with Gasteiger partial charge in [-0.25, -0.2) is 9.37 Å². The number of aliphatic hydroxyl groups excluding tert-OH is 1. The third kappa shape index (κ3) is 7.08. The van der Waals surface area contributed by atoms with Crippen LogP contribution in [0.5, 0.6) is 17.4 Å². The highest BCUT2D eigenvalue weighted by molar-refractivity contribution is 6.31. The summed E-state index contributed by atoms with van der Waals surface area (Å²) in [5.74, 6) is -0.702. The van der Waals surface area contributed by atoms with Gasteiger partial charge in [0.05, 0.1) is 36.7 Å². The maximum absolute atomic E-state index is 15.3. The second kappa shape index (κ2) is 14.1. The molecule has 11 nitrogen and oxygen atoms in total. The van der Waals surface area contributed by atoms with E-state index in [2.05, 4.69) is 30.8 Å². The second-order valence-electron chi connectivity index (χ2n) is 9.88. The molecule has 4 rings (SSSR count). The fourth-order valence-electron chi connectivity index (χ4n) is 4.86. The van der Waals surface area contributed by atoms with Crippen LogP contribution in [0.2, 0.25) is 5.02 Å². The molecular weight excluding hydrogens is 567 g/mol. The summed E-state index contributed by atoms with van der Waals surface area (Å²) in [5.41, 5.74) is 1.46. The van der Waals surface area contributed by atoms with Gasteiger partial charge in [0, 0.05) is 25.3 Å². The normalized spacial score (nSPS) is 17.9. The van der Waals surface area contributed by atoms with E-state index < -0.39 is 18.0 Å². The molecule has 226 valence electrons. The molecule has 4 N–H and O–H groups in total. The van der Waals surface area contributed by atoms with Gasteiger partial charge >= 0.3 is 0 Å². The zero-order valence-electron chi connectivity index (χ0n) is 24.2. The highest BCUT2D eigenvalue weighted by Crippen LogP contribution is 2.35. The number of anilines is 2. The maximum Gasteiger partial charge on any atom is 0.254 e. The third-order valence-electron chi connectivity index (χ3n) is 7.16. The van der Waals surface area contributed by atoms with Crippen LogP contribution in [0.3, 0.4) is 0 Å². The monoisotopic (exact) mass is 602 g/mol. The number of ether oxygens (including phenoxy) is 3. The van der Waals surface area contributed by atoms with E-state index in [-0.39, 0.29) is 46.0 Å². The zero-order chi connectivity index (χ0) is 30.4. The number of aliphatic hydroxyl groups is 1. The van der Waals surface area contributed by atoms with Crippen LogP contribution >= 0.6 is 11.6 Å². The van der Waals surface area contributed by atoms with Crippen molar-refractivity contribution in [2.24, 2.45) is 0 Å². The molecule has 0 radical (unpaired) electrons. The lowest BCUT2D eigenvalue weighted by atomic mass is 10.0. The van der Waals surface area contributed by atoms with Crippen LogP contribution in [-0.4, -0.2) is 79.4 Å². The number of carbonyl (C=O) groups excluding carboxylic acids is 1. The van der Waals surface area contributed by atoms with Crippen molar-refractivity contribution in [1.82, 2.24) is 25.5 Å². The van der Waals surface area contributed by atoms with Gasteiger partial charge in [0.15, 0.2) is 0 Å². The smallest absolute Gasteiger partial charge is 0.254 e. The van der Waals surface area contributed by atoms with E-state index in [9.17, 15) is 9.90 Å². The molecule has 1 unspecified atom stereocenters. The summed E-state index contributed by atoms with van der Waals surface area (Å²) in [5, 5.41) is 19.3. The number of benzene rings is 2. The Hall–Kier alpha value is -3.55. The fraction of sp³-hybridized carbons (Fsp3) is 0.414. The first kappa shape index (κ1) is 31.4. The standard InChI is InChI=1S/C29H36ClFN6O5/c1-6-16-8-7-9-22(25(16)27(39)32-2)42-28-18(30)14-33-29(36-28)35-21-13-19(31)17(12-23(21)40-4)26(38)34-20-10-11-37(3)15-24(20)41-5/h7-9,12-14,20,24,27,32,39H,6,10-11,15H2,1-5H3,(H,34,38)(H,33,35,36)/t20-,24+,27?/m1/s1. The van der Waals surface area contributed by atoms with Crippen molar-refractivity contribution in [3.63, 3.8) is 0 Å². The van der Waals surface area contributed by atoms with E-state index in [4.69, 9.17) is 25.8 Å². The molecular formula is C29H36ClFN6O5. The lowest BCUT2D eigenvalue weighted by Crippen LogP contribution is -2.53. The summed E-state index contributed by atoms with van der Waals surface area (Å²) < 4.78 is 32.3. The molecule has 0 saturated carbocycles. The van der Waals surface area contributed by atoms with Crippen LogP contribution in [0, 0.1) is 5.82 Å². The maximum atomic E-state index is 15.3. The number of likely N-dealkylation sites (N-methyl/N-ethyl adjacent to an activating group) is 1. The summed E-state index contributed by atoms with van der Waals surface area (Å²) in [6.07, 6.45) is 1.49. The number of piperidine rings is 1. The van der Waals surface area contributed by atoms with Crippen LogP contribution in [0.15, 0.2) is 36.5 Å². The van der Waals surface area contributed by atoms with Crippen molar-refractivity contribution >= 4 is 29.1 Å². The summed E-state index contributed by atoms with van der Waals surface area (Å²) in [7, 11) is 6.61. The molecule has 1 fully saturated rings. The largest absolute Gasteiger partial charge is 0.495 e. The Balaban J connectivity index is 1.57. The Morgan fingerprint density at radius 1 is 1.29 bits per heavy atom. The summed E-state index contributed by atoms with van der Waals surface area (Å²) in [4.78, 5) is 23.7. The predicted molar refractivity (Wildman–Crippen MR) is 157 cm³/mol. The number of rotatable bonds is 11. The third-order valence-corrected chi connectivity index (χ3v) is 7.42. The zero-order valence-corrected chi connectivity index (χ0v) is 25.0. The molecule has 13 heteroatoms. The van der Waals surface area contributed by atoms with Crippen LogP contribution < -0.4 is 25.4 Å². The molecule has 0 aliphatic carbocycles. The average Bonchev–Trinajstić information content (AvgIpc) is 2.99. The highest BCUT2D eigenvalue weighted by Gasteiger charge is 2.30.